The van der Waals surface area contributed by atoms with E-state index in [4.69, 9.17) is 4.74 Å². The van der Waals surface area contributed by atoms with Crippen LogP contribution < -0.4 is 10.6 Å². The van der Waals surface area contributed by atoms with Crippen molar-refractivity contribution in [2.45, 2.75) is 45.1 Å². The van der Waals surface area contributed by atoms with E-state index in [0.29, 0.717) is 13.0 Å². The molecular weight excluding hydrogens is 244 g/mol. The quantitative estimate of drug-likeness (QED) is 0.766. The fraction of sp³-hybridized carbons (Fsp3) is 0.714. The predicted molar refractivity (Wildman–Crippen MR) is 73.7 cm³/mol. The second-order valence-corrected chi connectivity index (χ2v) is 4.75. The van der Waals surface area contributed by atoms with Gasteiger partial charge in [0, 0.05) is 25.9 Å². The molecule has 2 unspecified atom stereocenters. The van der Waals surface area contributed by atoms with E-state index in [1.165, 1.54) is 0 Å². The fourth-order valence-electron chi connectivity index (χ4n) is 2.22. The zero-order valence-corrected chi connectivity index (χ0v) is 11.8. The second kappa shape index (κ2) is 8.56. The molecule has 0 aliphatic heterocycles. The van der Waals surface area contributed by atoms with E-state index in [1.807, 2.05) is 19.1 Å². The topological polar surface area (TPSA) is 67.4 Å². The minimum Gasteiger partial charge on any atom is -0.442 e. The van der Waals surface area contributed by atoms with Crippen molar-refractivity contribution in [2.75, 3.05) is 13.6 Å². The lowest BCUT2D eigenvalue weighted by atomic mass is 9.89. The molecule has 0 spiro atoms. The molecule has 0 saturated carbocycles. The summed E-state index contributed by atoms with van der Waals surface area (Å²) < 4.78 is 5.41. The molecule has 108 valence electrons. The molecule has 5 nitrogen and oxygen atoms in total. The summed E-state index contributed by atoms with van der Waals surface area (Å²) in [5.74, 6) is 0.0441. The maximum atomic E-state index is 11.5. The van der Waals surface area contributed by atoms with Crippen molar-refractivity contribution in [3.63, 3.8) is 0 Å². The van der Waals surface area contributed by atoms with Gasteiger partial charge in [0.2, 0.25) is 5.91 Å². The van der Waals surface area contributed by atoms with Crippen LogP contribution >= 0.6 is 0 Å². The molecule has 1 aliphatic rings. The third-order valence-electron chi connectivity index (χ3n) is 3.28. The molecular formula is C14H24N2O3. The summed E-state index contributed by atoms with van der Waals surface area (Å²) in [5.41, 5.74) is 0. The zero-order chi connectivity index (χ0) is 14.1. The van der Waals surface area contributed by atoms with Crippen molar-refractivity contribution < 1.29 is 14.3 Å². The van der Waals surface area contributed by atoms with Gasteiger partial charge in [-0.05, 0) is 32.3 Å². The van der Waals surface area contributed by atoms with Gasteiger partial charge in [-0.15, -0.1) is 0 Å². The molecule has 0 fully saturated rings. The SMILES string of the molecule is CCNC(=O)OC1/C=C/CCCCC1CC(=O)NC. The summed E-state index contributed by atoms with van der Waals surface area (Å²) in [7, 11) is 1.63. The molecule has 1 rings (SSSR count). The predicted octanol–water partition coefficient (Wildman–Crippen LogP) is 1.98. The van der Waals surface area contributed by atoms with Crippen LogP contribution in [0, 0.1) is 5.92 Å². The molecule has 19 heavy (non-hydrogen) atoms. The van der Waals surface area contributed by atoms with Gasteiger partial charge in [-0.1, -0.05) is 12.5 Å². The smallest absolute Gasteiger partial charge is 0.407 e. The molecule has 1 aliphatic carbocycles. The van der Waals surface area contributed by atoms with Crippen LogP contribution in [0.15, 0.2) is 12.2 Å². The van der Waals surface area contributed by atoms with Gasteiger partial charge < -0.3 is 15.4 Å². The number of carbonyl (C=O) groups is 2. The van der Waals surface area contributed by atoms with Crippen LogP contribution in [0.5, 0.6) is 0 Å². The van der Waals surface area contributed by atoms with E-state index in [9.17, 15) is 9.59 Å². The van der Waals surface area contributed by atoms with Crippen molar-refractivity contribution in [1.82, 2.24) is 10.6 Å². The number of amides is 2. The minimum atomic E-state index is -0.417. The Morgan fingerprint density at radius 3 is 2.84 bits per heavy atom. The van der Waals surface area contributed by atoms with Gasteiger partial charge in [0.05, 0.1) is 0 Å². The van der Waals surface area contributed by atoms with Crippen LogP contribution in [0.3, 0.4) is 0 Å². The van der Waals surface area contributed by atoms with Crippen molar-refractivity contribution in [2.24, 2.45) is 5.92 Å². The number of allylic oxidation sites excluding steroid dienone is 1. The fourth-order valence-corrected chi connectivity index (χ4v) is 2.22. The van der Waals surface area contributed by atoms with E-state index in [1.54, 1.807) is 7.05 Å². The van der Waals surface area contributed by atoms with Crippen molar-refractivity contribution in [3.05, 3.63) is 12.2 Å². The van der Waals surface area contributed by atoms with Gasteiger partial charge in [-0.3, -0.25) is 4.79 Å². The highest BCUT2D eigenvalue weighted by Gasteiger charge is 2.25. The number of hydrogen-bond donors (Lipinski definition) is 2. The maximum Gasteiger partial charge on any atom is 0.407 e. The number of alkyl carbamates (subject to hydrolysis) is 1. The molecule has 0 bridgehead atoms. The van der Waals surface area contributed by atoms with Gasteiger partial charge in [0.25, 0.3) is 0 Å². The van der Waals surface area contributed by atoms with Gasteiger partial charge >= 0.3 is 6.09 Å². The second-order valence-electron chi connectivity index (χ2n) is 4.75. The average molecular weight is 268 g/mol. The zero-order valence-electron chi connectivity index (χ0n) is 11.8. The normalized spacial score (nSPS) is 24.7. The number of carbonyl (C=O) groups excluding carboxylic acids is 2. The molecule has 0 aromatic heterocycles. The van der Waals surface area contributed by atoms with Crippen LogP contribution in [0.4, 0.5) is 4.79 Å². The van der Waals surface area contributed by atoms with E-state index < -0.39 is 6.09 Å². The standard InChI is InChI=1S/C14H24N2O3/c1-3-16-14(18)19-12-9-7-5-4-6-8-11(12)10-13(17)15-2/h7,9,11-12H,3-6,8,10H2,1-2H3,(H,15,17)(H,16,18)/b9-7+. The largest absolute Gasteiger partial charge is 0.442 e. The molecule has 5 heteroatoms. The molecule has 2 atom stereocenters. The highest BCUT2D eigenvalue weighted by Crippen LogP contribution is 2.24. The Morgan fingerprint density at radius 1 is 1.37 bits per heavy atom. The van der Waals surface area contributed by atoms with E-state index in [2.05, 4.69) is 10.6 Å². The van der Waals surface area contributed by atoms with Crippen molar-refractivity contribution in [1.29, 1.82) is 0 Å². The molecule has 0 radical (unpaired) electrons. The first kappa shape index (κ1) is 15.5. The molecule has 2 amide bonds. The summed E-state index contributed by atoms with van der Waals surface area (Å²) in [4.78, 5) is 23.1. The minimum absolute atomic E-state index is 0.0107. The number of hydrogen-bond acceptors (Lipinski definition) is 3. The lowest BCUT2D eigenvalue weighted by molar-refractivity contribution is -0.122. The van der Waals surface area contributed by atoms with Crippen molar-refractivity contribution in [3.8, 4) is 0 Å². The first-order valence-electron chi connectivity index (χ1n) is 6.99. The van der Waals surface area contributed by atoms with E-state index in [0.717, 1.165) is 25.7 Å². The van der Waals surface area contributed by atoms with Gasteiger partial charge in [0.15, 0.2) is 0 Å². The summed E-state index contributed by atoms with van der Waals surface area (Å²) in [5, 5.41) is 5.25. The molecule has 0 aromatic rings. The Balaban J connectivity index is 2.68. The summed E-state index contributed by atoms with van der Waals surface area (Å²) in [6, 6.07) is 0. The Bertz CT molecular complexity index is 329. The number of ether oxygens (including phenoxy) is 1. The van der Waals surface area contributed by atoms with Crippen LogP contribution in [0.2, 0.25) is 0 Å². The average Bonchev–Trinajstić information content (AvgIpc) is 2.37. The molecule has 2 N–H and O–H groups in total. The molecule has 0 saturated heterocycles. The lowest BCUT2D eigenvalue weighted by Crippen LogP contribution is -2.34. The van der Waals surface area contributed by atoms with Crippen LogP contribution in [0.25, 0.3) is 0 Å². The Kier molecular flexibility index (Phi) is 7.00. The molecule has 0 heterocycles. The lowest BCUT2D eigenvalue weighted by Gasteiger charge is -2.25. The van der Waals surface area contributed by atoms with Gasteiger partial charge in [-0.2, -0.15) is 0 Å². The Labute approximate surface area is 114 Å². The van der Waals surface area contributed by atoms with Gasteiger partial charge in [-0.25, -0.2) is 4.79 Å². The van der Waals surface area contributed by atoms with Crippen LogP contribution in [0.1, 0.15) is 39.0 Å². The monoisotopic (exact) mass is 268 g/mol. The number of nitrogens with one attached hydrogen (secondary N) is 2. The van der Waals surface area contributed by atoms with E-state index >= 15 is 0 Å². The molecule has 0 aromatic carbocycles. The van der Waals surface area contributed by atoms with E-state index in [-0.39, 0.29) is 17.9 Å². The summed E-state index contributed by atoms with van der Waals surface area (Å²) >= 11 is 0. The van der Waals surface area contributed by atoms with Crippen LogP contribution in [-0.4, -0.2) is 31.7 Å². The third kappa shape index (κ3) is 5.77. The van der Waals surface area contributed by atoms with Crippen LogP contribution in [-0.2, 0) is 9.53 Å². The number of rotatable bonds is 4. The Morgan fingerprint density at radius 2 is 2.16 bits per heavy atom. The first-order chi connectivity index (χ1) is 9.17. The third-order valence-corrected chi connectivity index (χ3v) is 3.28. The highest BCUT2D eigenvalue weighted by atomic mass is 16.6. The summed E-state index contributed by atoms with van der Waals surface area (Å²) in [6.45, 7) is 2.38. The van der Waals surface area contributed by atoms with Gasteiger partial charge in [0.1, 0.15) is 6.10 Å². The highest BCUT2D eigenvalue weighted by molar-refractivity contribution is 5.76. The van der Waals surface area contributed by atoms with Crippen molar-refractivity contribution >= 4 is 12.0 Å². The maximum absolute atomic E-state index is 11.5. The Hall–Kier alpha value is -1.52. The summed E-state index contributed by atoms with van der Waals surface area (Å²) in [6.07, 6.45) is 7.70. The first-order valence-corrected chi connectivity index (χ1v) is 6.99.